The highest BCUT2D eigenvalue weighted by atomic mass is 16.5. The number of hydrogen-bond donors (Lipinski definition) is 1. The number of carbonyl (C=O) groups excluding carboxylic acids is 3. The smallest absolute Gasteiger partial charge is 0.339 e. The largest absolute Gasteiger partial charge is 0.465 e. The van der Waals surface area contributed by atoms with Gasteiger partial charge in [-0.15, -0.1) is 0 Å². The molecule has 7 nitrogen and oxygen atoms in total. The minimum absolute atomic E-state index is 0.137. The molecule has 154 valence electrons. The van der Waals surface area contributed by atoms with Crippen molar-refractivity contribution in [2.45, 2.75) is 46.5 Å². The van der Waals surface area contributed by atoms with E-state index in [0.29, 0.717) is 41.5 Å². The summed E-state index contributed by atoms with van der Waals surface area (Å²) in [5.41, 5.74) is 2.06. The van der Waals surface area contributed by atoms with E-state index in [4.69, 9.17) is 4.74 Å². The van der Waals surface area contributed by atoms with Gasteiger partial charge in [-0.25, -0.2) is 4.79 Å². The second-order valence-corrected chi connectivity index (χ2v) is 8.21. The lowest BCUT2D eigenvalue weighted by atomic mass is 9.93. The number of piperidine rings is 2. The number of hydrogen-bond acceptors (Lipinski definition) is 4. The molecule has 2 amide bonds. The van der Waals surface area contributed by atoms with Gasteiger partial charge in [-0.05, 0) is 51.0 Å². The van der Waals surface area contributed by atoms with Gasteiger partial charge in [-0.2, -0.15) is 0 Å². The quantitative estimate of drug-likeness (QED) is 0.806. The Morgan fingerprint density at radius 1 is 1.04 bits per heavy atom. The first-order valence-electron chi connectivity index (χ1n) is 10.2. The van der Waals surface area contributed by atoms with Gasteiger partial charge in [-0.1, -0.05) is 6.92 Å². The van der Waals surface area contributed by atoms with Gasteiger partial charge >= 0.3 is 5.97 Å². The first kappa shape index (κ1) is 20.4. The fourth-order valence-corrected chi connectivity index (χ4v) is 4.38. The maximum Gasteiger partial charge on any atom is 0.339 e. The van der Waals surface area contributed by atoms with Crippen molar-refractivity contribution in [3.05, 3.63) is 22.5 Å². The standard InChI is InChI=1S/C21H31N3O4/c1-13-7-10-23(11-8-13)19(25)16-6-5-9-24(12-16)20(26)18-14(2)17(15(3)22-18)21(27)28-4/h13,16,22H,5-12H2,1-4H3/t16-/m0/s1. The van der Waals surface area contributed by atoms with Crippen LogP contribution in [0.15, 0.2) is 0 Å². The van der Waals surface area contributed by atoms with E-state index in [1.165, 1.54) is 7.11 Å². The first-order valence-corrected chi connectivity index (χ1v) is 10.2. The van der Waals surface area contributed by atoms with Crippen LogP contribution >= 0.6 is 0 Å². The molecular weight excluding hydrogens is 358 g/mol. The molecule has 1 N–H and O–H groups in total. The molecule has 0 saturated carbocycles. The maximum absolute atomic E-state index is 13.1. The number of aryl methyl sites for hydroxylation is 1. The highest BCUT2D eigenvalue weighted by Crippen LogP contribution is 2.26. The molecule has 0 radical (unpaired) electrons. The second kappa shape index (κ2) is 8.37. The summed E-state index contributed by atoms with van der Waals surface area (Å²) in [6.45, 7) is 8.45. The third kappa shape index (κ3) is 3.93. The summed E-state index contributed by atoms with van der Waals surface area (Å²) in [6, 6.07) is 0. The maximum atomic E-state index is 13.1. The number of amides is 2. The summed E-state index contributed by atoms with van der Waals surface area (Å²) in [4.78, 5) is 44.8. The lowest BCUT2D eigenvalue weighted by molar-refractivity contribution is -0.138. The lowest BCUT2D eigenvalue weighted by Crippen LogP contribution is -2.48. The number of methoxy groups -OCH3 is 1. The molecule has 3 rings (SSSR count). The van der Waals surface area contributed by atoms with Crippen LogP contribution in [0, 0.1) is 25.7 Å². The Hall–Kier alpha value is -2.31. The van der Waals surface area contributed by atoms with Gasteiger partial charge in [0, 0.05) is 31.9 Å². The van der Waals surface area contributed by atoms with Gasteiger partial charge in [0.25, 0.3) is 5.91 Å². The number of likely N-dealkylation sites (tertiary alicyclic amines) is 2. The monoisotopic (exact) mass is 389 g/mol. The molecule has 1 aromatic rings. The van der Waals surface area contributed by atoms with Crippen LogP contribution in [0.4, 0.5) is 0 Å². The zero-order valence-corrected chi connectivity index (χ0v) is 17.3. The number of H-pyrrole nitrogens is 1. The molecule has 0 aromatic carbocycles. The minimum Gasteiger partial charge on any atom is -0.465 e. The molecule has 0 aliphatic carbocycles. The van der Waals surface area contributed by atoms with Crippen molar-refractivity contribution in [3.8, 4) is 0 Å². The van der Waals surface area contributed by atoms with E-state index in [-0.39, 0.29) is 17.7 Å². The van der Waals surface area contributed by atoms with Crippen LogP contribution in [-0.2, 0) is 9.53 Å². The molecule has 7 heteroatoms. The molecule has 1 aromatic heterocycles. The molecule has 3 heterocycles. The van der Waals surface area contributed by atoms with Crippen LogP contribution in [0.3, 0.4) is 0 Å². The third-order valence-electron chi connectivity index (χ3n) is 6.19. The molecule has 2 aliphatic heterocycles. The fourth-order valence-electron chi connectivity index (χ4n) is 4.38. The van der Waals surface area contributed by atoms with Crippen LogP contribution < -0.4 is 0 Å². The molecule has 2 aliphatic rings. The highest BCUT2D eigenvalue weighted by Gasteiger charge is 2.34. The normalized spacial score (nSPS) is 20.9. The number of esters is 1. The molecule has 0 bridgehead atoms. The van der Waals surface area contributed by atoms with Gasteiger partial charge in [-0.3, -0.25) is 9.59 Å². The van der Waals surface area contributed by atoms with E-state index in [1.807, 2.05) is 4.90 Å². The number of carbonyl (C=O) groups is 3. The van der Waals surface area contributed by atoms with Crippen LogP contribution in [-0.4, -0.2) is 65.9 Å². The summed E-state index contributed by atoms with van der Waals surface area (Å²) in [6.07, 6.45) is 3.75. The lowest BCUT2D eigenvalue weighted by Gasteiger charge is -2.37. The van der Waals surface area contributed by atoms with Crippen LogP contribution in [0.1, 0.15) is 64.7 Å². The van der Waals surface area contributed by atoms with Gasteiger partial charge in [0.15, 0.2) is 0 Å². The highest BCUT2D eigenvalue weighted by molar-refractivity contribution is 6.00. The minimum atomic E-state index is -0.448. The molecule has 0 spiro atoms. The van der Waals surface area contributed by atoms with Crippen LogP contribution in [0.2, 0.25) is 0 Å². The SMILES string of the molecule is COC(=O)c1c(C)[nH]c(C(=O)N2CCC[C@H](C(=O)N3CCC(C)CC3)C2)c1C. The van der Waals surface area contributed by atoms with Gasteiger partial charge < -0.3 is 19.5 Å². The summed E-state index contributed by atoms with van der Waals surface area (Å²) < 4.78 is 4.83. The Labute approximate surface area is 166 Å². The Balaban J connectivity index is 1.71. The number of nitrogens with one attached hydrogen (secondary N) is 1. The topological polar surface area (TPSA) is 82.7 Å². The Morgan fingerprint density at radius 2 is 1.71 bits per heavy atom. The van der Waals surface area contributed by atoms with Crippen molar-refractivity contribution < 1.29 is 19.1 Å². The Bertz CT molecular complexity index is 762. The molecular formula is C21H31N3O4. The molecule has 2 saturated heterocycles. The molecule has 2 fully saturated rings. The second-order valence-electron chi connectivity index (χ2n) is 8.21. The zero-order chi connectivity index (χ0) is 20.4. The van der Waals surface area contributed by atoms with Crippen LogP contribution in [0.25, 0.3) is 0 Å². The number of aromatic nitrogens is 1. The van der Waals surface area contributed by atoms with Gasteiger partial charge in [0.05, 0.1) is 18.6 Å². The molecule has 1 atom stereocenters. The Kier molecular flexibility index (Phi) is 6.10. The van der Waals surface area contributed by atoms with Gasteiger partial charge in [0.1, 0.15) is 5.69 Å². The average molecular weight is 389 g/mol. The Morgan fingerprint density at radius 3 is 2.36 bits per heavy atom. The summed E-state index contributed by atoms with van der Waals surface area (Å²) in [7, 11) is 1.33. The van der Waals surface area contributed by atoms with Gasteiger partial charge in [0.2, 0.25) is 5.91 Å². The number of aromatic amines is 1. The van der Waals surface area contributed by atoms with E-state index >= 15 is 0 Å². The average Bonchev–Trinajstić information content (AvgIpc) is 3.01. The van der Waals surface area contributed by atoms with E-state index in [2.05, 4.69) is 11.9 Å². The summed E-state index contributed by atoms with van der Waals surface area (Å²) in [5, 5.41) is 0. The van der Waals surface area contributed by atoms with Crippen molar-refractivity contribution in [1.82, 2.24) is 14.8 Å². The van der Waals surface area contributed by atoms with Crippen LogP contribution in [0.5, 0.6) is 0 Å². The van der Waals surface area contributed by atoms with Crippen molar-refractivity contribution in [2.24, 2.45) is 11.8 Å². The summed E-state index contributed by atoms with van der Waals surface area (Å²) in [5.74, 6) is 0.120. The van der Waals surface area contributed by atoms with E-state index in [1.54, 1.807) is 18.7 Å². The van der Waals surface area contributed by atoms with Crippen molar-refractivity contribution >= 4 is 17.8 Å². The van der Waals surface area contributed by atoms with E-state index in [9.17, 15) is 14.4 Å². The van der Waals surface area contributed by atoms with E-state index < -0.39 is 5.97 Å². The predicted octanol–water partition coefficient (Wildman–Crippen LogP) is 2.53. The van der Waals surface area contributed by atoms with E-state index in [0.717, 1.165) is 38.8 Å². The number of rotatable bonds is 3. The number of nitrogens with zero attached hydrogens (tertiary/aromatic N) is 2. The molecule has 28 heavy (non-hydrogen) atoms. The first-order chi connectivity index (χ1) is 13.3. The third-order valence-corrected chi connectivity index (χ3v) is 6.19. The predicted molar refractivity (Wildman–Crippen MR) is 105 cm³/mol. The number of ether oxygens (including phenoxy) is 1. The summed E-state index contributed by atoms with van der Waals surface area (Å²) >= 11 is 0. The van der Waals surface area contributed by atoms with Crippen molar-refractivity contribution in [3.63, 3.8) is 0 Å². The molecule has 0 unspecified atom stereocenters. The van der Waals surface area contributed by atoms with Crippen molar-refractivity contribution in [2.75, 3.05) is 33.3 Å². The van der Waals surface area contributed by atoms with Crippen molar-refractivity contribution in [1.29, 1.82) is 0 Å². The fraction of sp³-hybridized carbons (Fsp3) is 0.667. The zero-order valence-electron chi connectivity index (χ0n) is 17.3.